The first-order valence-electron chi connectivity index (χ1n) is 6.67. The first-order chi connectivity index (χ1) is 10.2. The molecule has 2 aliphatic heterocycles. The third-order valence-corrected chi connectivity index (χ3v) is 3.52. The Balaban J connectivity index is 1.67. The standard InChI is InChI=1S/C15H16O6/c1-18-10-6-13(21-15(17)7-10)11(16)4-9-2-3-12-14(5-9)20-8-19-12/h2-3,5,7,11,13,16H,4,6,8H2,1H3. The van der Waals surface area contributed by atoms with Gasteiger partial charge in [0.1, 0.15) is 11.9 Å². The molecule has 3 rings (SSSR count). The highest BCUT2D eigenvalue weighted by Gasteiger charge is 2.29. The monoisotopic (exact) mass is 292 g/mol. The molecule has 21 heavy (non-hydrogen) atoms. The summed E-state index contributed by atoms with van der Waals surface area (Å²) < 4.78 is 20.7. The number of esters is 1. The molecular weight excluding hydrogens is 276 g/mol. The van der Waals surface area contributed by atoms with E-state index in [0.29, 0.717) is 30.1 Å². The summed E-state index contributed by atoms with van der Waals surface area (Å²) in [5, 5.41) is 10.3. The maximum absolute atomic E-state index is 11.4. The molecular formula is C15H16O6. The van der Waals surface area contributed by atoms with E-state index in [0.717, 1.165) is 5.56 Å². The van der Waals surface area contributed by atoms with Crippen LogP contribution in [0.3, 0.4) is 0 Å². The van der Waals surface area contributed by atoms with E-state index in [-0.39, 0.29) is 6.79 Å². The van der Waals surface area contributed by atoms with E-state index < -0.39 is 18.2 Å². The summed E-state index contributed by atoms with van der Waals surface area (Å²) in [6.07, 6.45) is 0.597. The van der Waals surface area contributed by atoms with Gasteiger partial charge in [-0.15, -0.1) is 0 Å². The van der Waals surface area contributed by atoms with Crippen LogP contribution < -0.4 is 9.47 Å². The van der Waals surface area contributed by atoms with Crippen LogP contribution in [0.5, 0.6) is 11.5 Å². The molecule has 0 aliphatic carbocycles. The summed E-state index contributed by atoms with van der Waals surface area (Å²) in [5.41, 5.74) is 0.885. The molecule has 6 nitrogen and oxygen atoms in total. The number of ether oxygens (including phenoxy) is 4. The average molecular weight is 292 g/mol. The lowest BCUT2D eigenvalue weighted by molar-refractivity contribution is -0.151. The van der Waals surface area contributed by atoms with Crippen LogP contribution in [0, 0.1) is 0 Å². The van der Waals surface area contributed by atoms with E-state index in [9.17, 15) is 9.90 Å². The van der Waals surface area contributed by atoms with Crippen molar-refractivity contribution in [2.75, 3.05) is 13.9 Å². The topological polar surface area (TPSA) is 74.2 Å². The number of carbonyl (C=O) groups excluding carboxylic acids is 1. The number of hydrogen-bond donors (Lipinski definition) is 1. The van der Waals surface area contributed by atoms with Gasteiger partial charge in [-0.25, -0.2) is 4.79 Å². The quantitative estimate of drug-likeness (QED) is 0.840. The van der Waals surface area contributed by atoms with E-state index in [1.54, 1.807) is 6.07 Å². The van der Waals surface area contributed by atoms with Crippen LogP contribution >= 0.6 is 0 Å². The third-order valence-electron chi connectivity index (χ3n) is 3.52. The van der Waals surface area contributed by atoms with Crippen molar-refractivity contribution < 1.29 is 28.8 Å². The van der Waals surface area contributed by atoms with Crippen molar-refractivity contribution in [3.63, 3.8) is 0 Å². The molecule has 1 aromatic rings. The number of methoxy groups -OCH3 is 1. The molecule has 6 heteroatoms. The normalized spacial score (nSPS) is 21.5. The lowest BCUT2D eigenvalue weighted by Gasteiger charge is -2.26. The number of rotatable bonds is 4. The summed E-state index contributed by atoms with van der Waals surface area (Å²) in [5.74, 6) is 1.38. The van der Waals surface area contributed by atoms with Crippen LogP contribution in [0.4, 0.5) is 0 Å². The zero-order valence-electron chi connectivity index (χ0n) is 11.6. The largest absolute Gasteiger partial charge is 0.501 e. The van der Waals surface area contributed by atoms with Gasteiger partial charge in [0.05, 0.1) is 19.3 Å². The fourth-order valence-corrected chi connectivity index (χ4v) is 2.41. The van der Waals surface area contributed by atoms with Gasteiger partial charge in [-0.3, -0.25) is 0 Å². The van der Waals surface area contributed by atoms with E-state index in [1.807, 2.05) is 12.1 Å². The zero-order valence-corrected chi connectivity index (χ0v) is 11.6. The van der Waals surface area contributed by atoms with Gasteiger partial charge in [0.2, 0.25) is 6.79 Å². The molecule has 0 amide bonds. The lowest BCUT2D eigenvalue weighted by atomic mass is 9.99. The number of cyclic esters (lactones) is 1. The summed E-state index contributed by atoms with van der Waals surface area (Å²) in [4.78, 5) is 11.4. The molecule has 0 fully saturated rings. The van der Waals surface area contributed by atoms with Crippen molar-refractivity contribution in [3.05, 3.63) is 35.6 Å². The Morgan fingerprint density at radius 3 is 3.00 bits per heavy atom. The summed E-state index contributed by atoms with van der Waals surface area (Å²) in [6.45, 7) is 0.212. The minimum absolute atomic E-state index is 0.212. The Bertz CT molecular complexity index is 580. The minimum atomic E-state index is -0.812. The zero-order chi connectivity index (χ0) is 14.8. The van der Waals surface area contributed by atoms with Gasteiger partial charge in [-0.05, 0) is 17.7 Å². The second-order valence-corrected chi connectivity index (χ2v) is 4.95. The first kappa shape index (κ1) is 13.8. The van der Waals surface area contributed by atoms with Crippen molar-refractivity contribution >= 4 is 5.97 Å². The number of benzene rings is 1. The molecule has 2 aliphatic rings. The van der Waals surface area contributed by atoms with E-state index in [1.165, 1.54) is 13.2 Å². The summed E-state index contributed by atoms with van der Waals surface area (Å²) in [7, 11) is 1.49. The Morgan fingerprint density at radius 1 is 1.38 bits per heavy atom. The van der Waals surface area contributed by atoms with Gasteiger partial charge in [-0.1, -0.05) is 6.07 Å². The number of carbonyl (C=O) groups is 1. The van der Waals surface area contributed by atoms with Gasteiger partial charge in [0.25, 0.3) is 0 Å². The van der Waals surface area contributed by atoms with Crippen molar-refractivity contribution in [2.45, 2.75) is 25.0 Å². The molecule has 2 unspecified atom stereocenters. The van der Waals surface area contributed by atoms with Crippen LogP contribution in [0.2, 0.25) is 0 Å². The Hall–Kier alpha value is -2.21. The summed E-state index contributed by atoms with van der Waals surface area (Å²) in [6, 6.07) is 5.48. The van der Waals surface area contributed by atoms with E-state index >= 15 is 0 Å². The molecule has 2 atom stereocenters. The number of aliphatic hydroxyl groups excluding tert-OH is 1. The second kappa shape index (κ2) is 5.65. The highest BCUT2D eigenvalue weighted by atomic mass is 16.7. The molecule has 1 aromatic carbocycles. The Labute approximate surface area is 121 Å². The highest BCUT2D eigenvalue weighted by molar-refractivity contribution is 5.83. The van der Waals surface area contributed by atoms with Crippen LogP contribution in [0.15, 0.2) is 30.0 Å². The molecule has 2 heterocycles. The molecule has 0 saturated carbocycles. The second-order valence-electron chi connectivity index (χ2n) is 4.95. The lowest BCUT2D eigenvalue weighted by Crippen LogP contribution is -2.35. The average Bonchev–Trinajstić information content (AvgIpc) is 2.94. The third kappa shape index (κ3) is 2.95. The molecule has 0 radical (unpaired) electrons. The van der Waals surface area contributed by atoms with Crippen molar-refractivity contribution in [3.8, 4) is 11.5 Å². The van der Waals surface area contributed by atoms with Crippen molar-refractivity contribution in [2.24, 2.45) is 0 Å². The van der Waals surface area contributed by atoms with Gasteiger partial charge >= 0.3 is 5.97 Å². The van der Waals surface area contributed by atoms with E-state index in [4.69, 9.17) is 18.9 Å². The number of hydrogen-bond acceptors (Lipinski definition) is 6. The molecule has 0 saturated heterocycles. The highest BCUT2D eigenvalue weighted by Crippen LogP contribution is 2.33. The number of aliphatic hydroxyl groups is 1. The fraction of sp³-hybridized carbons (Fsp3) is 0.400. The van der Waals surface area contributed by atoms with E-state index in [2.05, 4.69) is 0 Å². The predicted molar refractivity (Wildman–Crippen MR) is 71.9 cm³/mol. The molecule has 0 bridgehead atoms. The van der Waals surface area contributed by atoms with Gasteiger partial charge < -0.3 is 24.1 Å². The minimum Gasteiger partial charge on any atom is -0.501 e. The smallest absolute Gasteiger partial charge is 0.334 e. The molecule has 1 N–H and O–H groups in total. The molecule has 112 valence electrons. The maximum Gasteiger partial charge on any atom is 0.334 e. The van der Waals surface area contributed by atoms with Crippen molar-refractivity contribution in [1.29, 1.82) is 0 Å². The molecule has 0 aromatic heterocycles. The Kier molecular flexibility index (Phi) is 3.70. The molecule has 0 spiro atoms. The Morgan fingerprint density at radius 2 is 2.19 bits per heavy atom. The van der Waals surface area contributed by atoms with Crippen LogP contribution in [-0.4, -0.2) is 37.2 Å². The fourth-order valence-electron chi connectivity index (χ4n) is 2.41. The van der Waals surface area contributed by atoms with Crippen molar-refractivity contribution in [1.82, 2.24) is 0 Å². The van der Waals surface area contributed by atoms with Crippen LogP contribution in [-0.2, 0) is 20.7 Å². The van der Waals surface area contributed by atoms with Gasteiger partial charge in [0, 0.05) is 12.8 Å². The van der Waals surface area contributed by atoms with Crippen LogP contribution in [0.1, 0.15) is 12.0 Å². The SMILES string of the molecule is COC1=CC(=O)OC(C(O)Cc2ccc3c(c2)OCO3)C1. The van der Waals surface area contributed by atoms with Gasteiger partial charge in [0.15, 0.2) is 11.5 Å². The predicted octanol–water partition coefficient (Wildman–Crippen LogP) is 1.16. The maximum atomic E-state index is 11.4. The first-order valence-corrected chi connectivity index (χ1v) is 6.67. The number of fused-ring (bicyclic) bond motifs is 1. The van der Waals surface area contributed by atoms with Gasteiger partial charge in [-0.2, -0.15) is 0 Å². The van der Waals surface area contributed by atoms with Crippen LogP contribution in [0.25, 0.3) is 0 Å². The summed E-state index contributed by atoms with van der Waals surface area (Å²) >= 11 is 0.